The number of hydrogen-bond acceptors (Lipinski definition) is 5. The van der Waals surface area contributed by atoms with Gasteiger partial charge >= 0.3 is 0 Å². The Labute approximate surface area is 224 Å². The van der Waals surface area contributed by atoms with E-state index in [-0.39, 0.29) is 11.4 Å². The van der Waals surface area contributed by atoms with Crippen molar-refractivity contribution >= 4 is 33.7 Å². The Bertz CT molecular complexity index is 1820. The molecule has 0 aliphatic rings. The van der Waals surface area contributed by atoms with E-state index in [4.69, 9.17) is 4.74 Å². The topological polar surface area (TPSA) is 99.6 Å². The molecular formula is C32H24N4O3. The third-order valence-corrected chi connectivity index (χ3v) is 6.55. The van der Waals surface area contributed by atoms with Gasteiger partial charge in [0.15, 0.2) is 0 Å². The van der Waals surface area contributed by atoms with Crippen molar-refractivity contribution in [2.75, 3.05) is 0 Å². The van der Waals surface area contributed by atoms with Crippen LogP contribution in [0.4, 0.5) is 0 Å². The van der Waals surface area contributed by atoms with Crippen LogP contribution in [0.25, 0.3) is 32.8 Å². The number of amides is 1. The first kappa shape index (κ1) is 23.9. The first-order valence-corrected chi connectivity index (χ1v) is 12.4. The van der Waals surface area contributed by atoms with Crippen molar-refractivity contribution in [2.45, 2.75) is 6.61 Å². The van der Waals surface area contributed by atoms with Gasteiger partial charge in [0.25, 0.3) is 5.91 Å². The maximum absolute atomic E-state index is 12.6. The maximum Gasteiger partial charge on any atom is 0.289 e. The van der Waals surface area contributed by atoms with Crippen LogP contribution in [0.2, 0.25) is 0 Å². The number of aromatic nitrogens is 2. The molecule has 7 heteroatoms. The molecule has 0 saturated heterocycles. The number of phenolic OH excluding ortho intramolecular Hbond substituents is 1. The molecule has 0 radical (unpaired) electrons. The fourth-order valence-electron chi connectivity index (χ4n) is 4.52. The molecule has 0 saturated carbocycles. The van der Waals surface area contributed by atoms with Gasteiger partial charge in [-0.2, -0.15) is 10.2 Å². The van der Waals surface area contributed by atoms with Crippen molar-refractivity contribution in [1.82, 2.24) is 15.6 Å². The number of phenols is 1. The predicted octanol–water partition coefficient (Wildman–Crippen LogP) is 6.43. The number of rotatable bonds is 7. The second kappa shape index (κ2) is 10.5. The van der Waals surface area contributed by atoms with E-state index in [1.807, 2.05) is 72.8 Å². The van der Waals surface area contributed by atoms with Gasteiger partial charge in [0, 0.05) is 11.1 Å². The lowest BCUT2D eigenvalue weighted by molar-refractivity contribution is 0.0950. The minimum Gasteiger partial charge on any atom is -0.507 e. The number of carbonyl (C=O) groups is 1. The molecule has 6 rings (SSSR count). The van der Waals surface area contributed by atoms with Crippen LogP contribution in [-0.4, -0.2) is 27.4 Å². The monoisotopic (exact) mass is 512 g/mol. The lowest BCUT2D eigenvalue weighted by atomic mass is 10.0. The van der Waals surface area contributed by atoms with Gasteiger partial charge in [-0.05, 0) is 63.5 Å². The Balaban J connectivity index is 1.10. The van der Waals surface area contributed by atoms with E-state index in [1.165, 1.54) is 17.0 Å². The van der Waals surface area contributed by atoms with Gasteiger partial charge in [-0.3, -0.25) is 9.89 Å². The highest BCUT2D eigenvalue weighted by atomic mass is 16.5. The maximum atomic E-state index is 12.6. The summed E-state index contributed by atoms with van der Waals surface area (Å²) in [4.78, 5) is 12.6. The lowest BCUT2D eigenvalue weighted by Crippen LogP contribution is -2.18. The van der Waals surface area contributed by atoms with Gasteiger partial charge in [-0.15, -0.1) is 0 Å². The number of carbonyl (C=O) groups excluding carboxylic acids is 1. The zero-order valence-electron chi connectivity index (χ0n) is 20.8. The van der Waals surface area contributed by atoms with Gasteiger partial charge in [0.1, 0.15) is 23.8 Å². The van der Waals surface area contributed by atoms with Gasteiger partial charge in [-0.1, -0.05) is 72.8 Å². The Kier molecular flexibility index (Phi) is 6.45. The Morgan fingerprint density at radius 1 is 0.872 bits per heavy atom. The molecule has 5 aromatic carbocycles. The van der Waals surface area contributed by atoms with Crippen LogP contribution in [0.3, 0.4) is 0 Å². The highest BCUT2D eigenvalue weighted by molar-refractivity contribution is 6.03. The number of H-pyrrole nitrogens is 1. The van der Waals surface area contributed by atoms with E-state index in [9.17, 15) is 9.90 Å². The van der Waals surface area contributed by atoms with Crippen molar-refractivity contribution in [1.29, 1.82) is 0 Å². The van der Waals surface area contributed by atoms with Gasteiger partial charge in [0.2, 0.25) is 0 Å². The van der Waals surface area contributed by atoms with Crippen molar-refractivity contribution in [2.24, 2.45) is 5.10 Å². The largest absolute Gasteiger partial charge is 0.507 e. The summed E-state index contributed by atoms with van der Waals surface area (Å²) in [5, 5.41) is 25.5. The van der Waals surface area contributed by atoms with E-state index in [1.54, 1.807) is 12.1 Å². The molecule has 7 nitrogen and oxygen atoms in total. The first-order chi connectivity index (χ1) is 19.2. The van der Waals surface area contributed by atoms with Gasteiger partial charge in [-0.25, -0.2) is 5.43 Å². The zero-order chi connectivity index (χ0) is 26.6. The summed E-state index contributed by atoms with van der Waals surface area (Å²) in [7, 11) is 0. The summed E-state index contributed by atoms with van der Waals surface area (Å²) in [6, 6.07) is 34.7. The van der Waals surface area contributed by atoms with E-state index >= 15 is 0 Å². The van der Waals surface area contributed by atoms with Crippen molar-refractivity contribution in [3.8, 4) is 22.8 Å². The molecule has 0 fully saturated rings. The SMILES string of the molecule is O=C(N/N=C\c1c(O)ccc2ccccc12)c1cc(-c2ccc(OCc3cccc4ccccc34)cc2)n[nH]1. The summed E-state index contributed by atoms with van der Waals surface area (Å²) < 4.78 is 6.02. The Hall–Kier alpha value is -5.43. The summed E-state index contributed by atoms with van der Waals surface area (Å²) in [5.41, 5.74) is 5.86. The van der Waals surface area contributed by atoms with Crippen LogP contribution in [-0.2, 0) is 6.61 Å². The molecule has 6 aromatic rings. The number of ether oxygens (including phenoxy) is 1. The highest BCUT2D eigenvalue weighted by Crippen LogP contribution is 2.26. The second-order valence-corrected chi connectivity index (χ2v) is 9.04. The average molecular weight is 513 g/mol. The van der Waals surface area contributed by atoms with Crippen LogP contribution >= 0.6 is 0 Å². The molecule has 1 heterocycles. The molecule has 1 amide bonds. The second-order valence-electron chi connectivity index (χ2n) is 9.04. The van der Waals surface area contributed by atoms with Gasteiger partial charge < -0.3 is 9.84 Å². The minimum absolute atomic E-state index is 0.0834. The highest BCUT2D eigenvalue weighted by Gasteiger charge is 2.11. The van der Waals surface area contributed by atoms with E-state index in [2.05, 4.69) is 45.0 Å². The minimum atomic E-state index is -0.445. The van der Waals surface area contributed by atoms with Crippen LogP contribution in [0.5, 0.6) is 11.5 Å². The van der Waals surface area contributed by atoms with E-state index < -0.39 is 5.91 Å². The number of nitrogens with one attached hydrogen (secondary N) is 2. The molecule has 0 atom stereocenters. The molecule has 190 valence electrons. The summed E-state index contributed by atoms with van der Waals surface area (Å²) in [6.45, 7) is 0.463. The third-order valence-electron chi connectivity index (χ3n) is 6.55. The predicted molar refractivity (Wildman–Crippen MR) is 153 cm³/mol. The number of aromatic amines is 1. The van der Waals surface area contributed by atoms with Gasteiger partial charge in [0.05, 0.1) is 11.9 Å². The summed E-state index contributed by atoms with van der Waals surface area (Å²) in [5.74, 6) is 0.381. The molecule has 39 heavy (non-hydrogen) atoms. The fourth-order valence-corrected chi connectivity index (χ4v) is 4.52. The summed E-state index contributed by atoms with van der Waals surface area (Å²) in [6.07, 6.45) is 1.43. The molecular weight excluding hydrogens is 488 g/mol. The lowest BCUT2D eigenvalue weighted by Gasteiger charge is -2.09. The number of hydrogen-bond donors (Lipinski definition) is 3. The molecule has 0 spiro atoms. The first-order valence-electron chi connectivity index (χ1n) is 12.4. The van der Waals surface area contributed by atoms with Crippen molar-refractivity contribution in [3.05, 3.63) is 126 Å². The number of benzene rings is 5. The van der Waals surface area contributed by atoms with Crippen LogP contribution in [0.1, 0.15) is 21.6 Å². The zero-order valence-corrected chi connectivity index (χ0v) is 20.8. The molecule has 0 aliphatic carbocycles. The summed E-state index contributed by atoms with van der Waals surface area (Å²) >= 11 is 0. The van der Waals surface area contributed by atoms with Crippen molar-refractivity contribution in [3.63, 3.8) is 0 Å². The van der Waals surface area contributed by atoms with Crippen molar-refractivity contribution < 1.29 is 14.6 Å². The smallest absolute Gasteiger partial charge is 0.289 e. The number of aromatic hydroxyl groups is 1. The molecule has 3 N–H and O–H groups in total. The normalized spacial score (nSPS) is 11.3. The Morgan fingerprint density at radius 3 is 2.41 bits per heavy atom. The molecule has 0 aliphatic heterocycles. The van der Waals surface area contributed by atoms with Crippen LogP contribution in [0.15, 0.2) is 114 Å². The molecule has 0 bridgehead atoms. The van der Waals surface area contributed by atoms with Crippen LogP contribution in [0, 0.1) is 0 Å². The Morgan fingerprint density at radius 2 is 1.59 bits per heavy atom. The molecule has 1 aromatic heterocycles. The quantitative estimate of drug-likeness (QED) is 0.169. The van der Waals surface area contributed by atoms with Crippen LogP contribution < -0.4 is 10.2 Å². The molecule has 0 unspecified atom stereocenters. The number of nitrogens with zero attached hydrogens (tertiary/aromatic N) is 2. The number of hydrazone groups is 1. The number of fused-ring (bicyclic) bond motifs is 2. The standard InChI is InChI=1S/C32H24N4O3/c37-31-17-14-22-7-2-4-11-27(22)28(31)19-33-36-32(38)30-18-29(34-35-30)23-12-15-25(16-13-23)39-20-24-9-5-8-21-6-1-3-10-26(21)24/h1-19,37H,20H2,(H,34,35)(H,36,38)/b33-19-. The average Bonchev–Trinajstić information content (AvgIpc) is 3.48. The van der Waals surface area contributed by atoms with E-state index in [0.29, 0.717) is 17.9 Å². The third kappa shape index (κ3) is 5.06. The van der Waals surface area contributed by atoms with E-state index in [0.717, 1.165) is 27.6 Å². The fraction of sp³-hybridized carbons (Fsp3) is 0.0312.